The molecule has 0 aliphatic carbocycles. The topological polar surface area (TPSA) is 215 Å². The molecule has 10 atom stereocenters. The molecule has 0 radical (unpaired) electrons. The van der Waals surface area contributed by atoms with E-state index in [1.54, 1.807) is 0 Å². The Labute approximate surface area is 152 Å². The van der Waals surface area contributed by atoms with E-state index >= 15 is 0 Å². The first-order valence-electron chi connectivity index (χ1n) is 8.06. The number of carbonyl (C=O) groups is 2. The maximum Gasteiger partial charge on any atom is 0.335 e. The zero-order valence-electron chi connectivity index (χ0n) is 14.2. The third kappa shape index (κ3) is 4.53. The molecule has 0 aromatic carbocycles. The van der Waals surface area contributed by atoms with Crippen LogP contribution >= 0.6 is 0 Å². The van der Waals surface area contributed by atoms with Crippen molar-refractivity contribution < 1.29 is 59.5 Å². The number of carboxylic acid groups (broad SMARTS) is 1. The Kier molecular flexibility index (Phi) is 7.07. The number of rotatable bonds is 5. The van der Waals surface area contributed by atoms with Crippen LogP contribution in [0.5, 0.6) is 0 Å². The van der Waals surface area contributed by atoms with Crippen molar-refractivity contribution in [3.05, 3.63) is 0 Å². The lowest BCUT2D eigenvalue weighted by Crippen LogP contribution is -2.67. The average Bonchev–Trinajstić information content (AvgIpc) is 2.60. The van der Waals surface area contributed by atoms with E-state index < -0.39 is 79.8 Å². The molecular weight excluding hydrogens is 374 g/mol. The van der Waals surface area contributed by atoms with Gasteiger partial charge in [-0.2, -0.15) is 0 Å². The lowest BCUT2D eigenvalue weighted by Gasteiger charge is -2.46. The molecule has 2 aliphatic heterocycles. The monoisotopic (exact) mass is 397 g/mol. The normalized spacial score (nSPS) is 45.3. The SMILES string of the molecule is CC(=O)N[C@H]1C(O)O[C@H](CO)[C@H](O)[C@@H]1O[C@@H]1O[C@H](C(=O)O)[C@@H](O)[C@H](O)[C@H]1O. The van der Waals surface area contributed by atoms with Crippen LogP contribution < -0.4 is 5.32 Å². The van der Waals surface area contributed by atoms with Crippen molar-refractivity contribution in [1.29, 1.82) is 0 Å². The number of ether oxygens (including phenoxy) is 3. The molecule has 27 heavy (non-hydrogen) atoms. The first-order valence-corrected chi connectivity index (χ1v) is 8.06. The predicted molar refractivity (Wildman–Crippen MR) is 80.8 cm³/mol. The van der Waals surface area contributed by atoms with Gasteiger partial charge in [0, 0.05) is 6.92 Å². The van der Waals surface area contributed by atoms with Crippen LogP contribution in [0.2, 0.25) is 0 Å². The molecule has 2 rings (SSSR count). The summed E-state index contributed by atoms with van der Waals surface area (Å²) in [6.07, 6.45) is -15.8. The molecule has 1 unspecified atom stereocenters. The number of aliphatic carboxylic acids is 1. The van der Waals surface area contributed by atoms with E-state index in [1.165, 1.54) is 0 Å². The second-order valence-electron chi connectivity index (χ2n) is 6.30. The van der Waals surface area contributed by atoms with Crippen LogP contribution in [0.3, 0.4) is 0 Å². The van der Waals surface area contributed by atoms with Crippen molar-refractivity contribution in [1.82, 2.24) is 5.32 Å². The number of nitrogens with one attached hydrogen (secondary N) is 1. The van der Waals surface area contributed by atoms with Gasteiger partial charge in [0.1, 0.15) is 42.7 Å². The lowest BCUT2D eigenvalue weighted by molar-refractivity contribution is -0.336. The van der Waals surface area contributed by atoms with Gasteiger partial charge in [-0.1, -0.05) is 0 Å². The fourth-order valence-corrected chi connectivity index (χ4v) is 2.95. The summed E-state index contributed by atoms with van der Waals surface area (Å²) in [5.74, 6) is -2.27. The minimum Gasteiger partial charge on any atom is -0.479 e. The summed E-state index contributed by atoms with van der Waals surface area (Å²) >= 11 is 0. The van der Waals surface area contributed by atoms with Gasteiger partial charge in [0.15, 0.2) is 18.7 Å². The van der Waals surface area contributed by atoms with Crippen LogP contribution in [0.25, 0.3) is 0 Å². The third-order valence-corrected chi connectivity index (χ3v) is 4.35. The molecule has 0 bridgehead atoms. The molecule has 0 aromatic heterocycles. The van der Waals surface area contributed by atoms with E-state index in [-0.39, 0.29) is 0 Å². The van der Waals surface area contributed by atoms with Gasteiger partial charge in [0.25, 0.3) is 0 Å². The second-order valence-corrected chi connectivity index (χ2v) is 6.30. The van der Waals surface area contributed by atoms with Gasteiger partial charge in [-0.05, 0) is 0 Å². The van der Waals surface area contributed by atoms with Gasteiger partial charge < -0.3 is 55.3 Å². The second kappa shape index (κ2) is 8.72. The fourth-order valence-electron chi connectivity index (χ4n) is 2.95. The van der Waals surface area contributed by atoms with Gasteiger partial charge in [-0.3, -0.25) is 4.79 Å². The van der Waals surface area contributed by atoms with Crippen molar-refractivity contribution in [2.75, 3.05) is 6.61 Å². The summed E-state index contributed by atoms with van der Waals surface area (Å²) in [5.41, 5.74) is 0. The van der Waals surface area contributed by atoms with Crippen molar-refractivity contribution in [2.45, 2.75) is 68.3 Å². The molecule has 2 heterocycles. The van der Waals surface area contributed by atoms with E-state index in [0.717, 1.165) is 6.92 Å². The number of aliphatic hydroxyl groups is 6. The van der Waals surface area contributed by atoms with Crippen LogP contribution in [0.4, 0.5) is 0 Å². The highest BCUT2D eigenvalue weighted by Gasteiger charge is 2.52. The maximum absolute atomic E-state index is 11.4. The lowest BCUT2D eigenvalue weighted by atomic mass is 9.95. The Hall–Kier alpha value is -1.42. The number of hydrogen-bond donors (Lipinski definition) is 8. The minimum absolute atomic E-state index is 0.630. The van der Waals surface area contributed by atoms with Gasteiger partial charge >= 0.3 is 5.97 Å². The zero-order valence-corrected chi connectivity index (χ0v) is 14.2. The van der Waals surface area contributed by atoms with E-state index in [4.69, 9.17) is 19.3 Å². The number of carboxylic acids is 1. The van der Waals surface area contributed by atoms with Crippen molar-refractivity contribution in [3.63, 3.8) is 0 Å². The summed E-state index contributed by atoms with van der Waals surface area (Å²) in [5, 5.41) is 70.4. The fraction of sp³-hybridized carbons (Fsp3) is 0.857. The summed E-state index contributed by atoms with van der Waals surface area (Å²) in [7, 11) is 0. The highest BCUT2D eigenvalue weighted by Crippen LogP contribution is 2.28. The van der Waals surface area contributed by atoms with Gasteiger partial charge in [-0.15, -0.1) is 0 Å². The standard InChI is InChI=1S/C14H23NO12/c1-3(17)15-5-10(6(18)4(2-16)25-13(5)24)26-14-9(21)7(19)8(20)11(27-14)12(22)23/h4-11,13-14,16,18-21,24H,2H2,1H3,(H,15,17)(H,22,23)/t4-,5-,6+,7+,8+,9-,10-,11+,13?,14-/m1/s1. The zero-order chi connectivity index (χ0) is 20.5. The molecule has 2 fully saturated rings. The van der Waals surface area contributed by atoms with E-state index in [0.29, 0.717) is 0 Å². The quantitative estimate of drug-likeness (QED) is 0.218. The number of hydrogen-bond acceptors (Lipinski definition) is 11. The molecule has 0 spiro atoms. The summed E-state index contributed by atoms with van der Waals surface area (Å²) < 4.78 is 15.3. The van der Waals surface area contributed by atoms with E-state index in [2.05, 4.69) is 5.32 Å². The Bertz CT molecular complexity index is 546. The van der Waals surface area contributed by atoms with Gasteiger partial charge in [0.05, 0.1) is 6.61 Å². The van der Waals surface area contributed by atoms with Crippen molar-refractivity contribution in [2.24, 2.45) is 0 Å². The first-order chi connectivity index (χ1) is 12.6. The van der Waals surface area contributed by atoms with Gasteiger partial charge in [-0.25, -0.2) is 4.79 Å². The van der Waals surface area contributed by atoms with Crippen LogP contribution in [0, 0.1) is 0 Å². The highest BCUT2D eigenvalue weighted by molar-refractivity contribution is 5.73. The molecule has 13 nitrogen and oxygen atoms in total. The molecule has 8 N–H and O–H groups in total. The molecule has 2 aliphatic rings. The van der Waals surface area contributed by atoms with Crippen molar-refractivity contribution >= 4 is 11.9 Å². The Morgan fingerprint density at radius 1 is 1.00 bits per heavy atom. The molecule has 1 amide bonds. The largest absolute Gasteiger partial charge is 0.479 e. The third-order valence-electron chi connectivity index (χ3n) is 4.35. The van der Waals surface area contributed by atoms with Crippen LogP contribution in [0.1, 0.15) is 6.92 Å². The molecule has 2 saturated heterocycles. The molecule has 156 valence electrons. The summed E-state index contributed by atoms with van der Waals surface area (Å²) in [4.78, 5) is 22.5. The number of amides is 1. The molecular formula is C14H23NO12. The average molecular weight is 397 g/mol. The van der Waals surface area contributed by atoms with Crippen LogP contribution in [-0.2, 0) is 23.8 Å². The smallest absolute Gasteiger partial charge is 0.335 e. The Morgan fingerprint density at radius 3 is 2.15 bits per heavy atom. The van der Waals surface area contributed by atoms with Crippen LogP contribution in [0.15, 0.2) is 0 Å². The first kappa shape index (κ1) is 21.9. The minimum atomic E-state index is -1.95. The maximum atomic E-state index is 11.4. The Balaban J connectivity index is 2.25. The highest BCUT2D eigenvalue weighted by atomic mass is 16.7. The van der Waals surface area contributed by atoms with E-state index in [1.807, 2.05) is 0 Å². The molecule has 0 aromatic rings. The van der Waals surface area contributed by atoms with Crippen molar-refractivity contribution in [3.8, 4) is 0 Å². The summed E-state index contributed by atoms with van der Waals surface area (Å²) in [6, 6.07) is -1.37. The molecule has 13 heteroatoms. The number of carbonyl (C=O) groups excluding carboxylic acids is 1. The number of aliphatic hydroxyl groups excluding tert-OH is 6. The van der Waals surface area contributed by atoms with Gasteiger partial charge in [0.2, 0.25) is 5.91 Å². The van der Waals surface area contributed by atoms with E-state index in [9.17, 15) is 40.2 Å². The van der Waals surface area contributed by atoms with Crippen LogP contribution in [-0.4, -0.2) is 116 Å². The molecule has 0 saturated carbocycles. The Morgan fingerprint density at radius 2 is 1.63 bits per heavy atom. The predicted octanol–water partition coefficient (Wildman–Crippen LogP) is -5.16. The summed E-state index contributed by atoms with van der Waals surface area (Å²) in [6.45, 7) is 0.388.